The first-order valence-corrected chi connectivity index (χ1v) is 13.8. The summed E-state index contributed by atoms with van der Waals surface area (Å²) in [5, 5.41) is 2.79. The fourth-order valence-electron chi connectivity index (χ4n) is 5.27. The summed E-state index contributed by atoms with van der Waals surface area (Å²) in [5.74, 6) is 1.85. The number of methoxy groups -OCH3 is 2. The summed E-state index contributed by atoms with van der Waals surface area (Å²) in [6.45, 7) is 3.97. The van der Waals surface area contributed by atoms with Crippen molar-refractivity contribution in [2.75, 3.05) is 27.4 Å². The van der Waals surface area contributed by atoms with Gasteiger partial charge in [0.25, 0.3) is 0 Å². The van der Waals surface area contributed by atoms with Gasteiger partial charge in [0.15, 0.2) is 11.5 Å². The molecule has 200 valence electrons. The van der Waals surface area contributed by atoms with Crippen LogP contribution in [0.15, 0.2) is 59.5 Å². The van der Waals surface area contributed by atoms with Crippen LogP contribution >= 0.6 is 0 Å². The molecule has 8 nitrogen and oxygen atoms in total. The molecule has 0 radical (unpaired) electrons. The largest absolute Gasteiger partial charge is 0.496 e. The van der Waals surface area contributed by atoms with Crippen molar-refractivity contribution in [1.29, 1.82) is 0 Å². The average molecular weight is 537 g/mol. The second kappa shape index (κ2) is 11.4. The minimum atomic E-state index is -1.66. The number of carbonyl (C=O) groups excluding carboxylic acids is 1. The Labute approximate surface area is 225 Å². The van der Waals surface area contributed by atoms with Crippen LogP contribution in [0.3, 0.4) is 0 Å². The summed E-state index contributed by atoms with van der Waals surface area (Å²) in [5.41, 5.74) is 5.56. The van der Waals surface area contributed by atoms with E-state index in [9.17, 15) is 9.00 Å². The summed E-state index contributed by atoms with van der Waals surface area (Å²) in [6.07, 6.45) is 1.21. The van der Waals surface area contributed by atoms with Gasteiger partial charge in [0.2, 0.25) is 11.1 Å². The molecule has 0 aliphatic carbocycles. The Morgan fingerprint density at radius 1 is 1.05 bits per heavy atom. The number of ether oxygens (including phenoxy) is 3. The Balaban J connectivity index is 1.43. The van der Waals surface area contributed by atoms with E-state index in [0.717, 1.165) is 41.8 Å². The van der Waals surface area contributed by atoms with Crippen molar-refractivity contribution in [2.45, 2.75) is 43.8 Å². The molecular formula is C29H32N2O6S. The molecule has 0 fully saturated rings. The third-order valence-corrected chi connectivity index (χ3v) is 8.09. The van der Waals surface area contributed by atoms with Crippen LogP contribution in [0.5, 0.6) is 17.2 Å². The molecular weight excluding hydrogens is 504 g/mol. The summed E-state index contributed by atoms with van der Waals surface area (Å²) in [6, 6.07) is 17.5. The molecule has 0 saturated heterocycles. The third kappa shape index (κ3) is 5.21. The van der Waals surface area contributed by atoms with Gasteiger partial charge in [-0.15, -0.1) is 0 Å². The Morgan fingerprint density at radius 3 is 2.58 bits per heavy atom. The molecule has 3 aromatic rings. The van der Waals surface area contributed by atoms with Gasteiger partial charge >= 0.3 is 6.09 Å². The topological polar surface area (TPSA) is 86.3 Å². The van der Waals surface area contributed by atoms with E-state index in [4.69, 9.17) is 18.4 Å². The Kier molecular flexibility index (Phi) is 7.85. The lowest BCUT2D eigenvalue weighted by molar-refractivity contribution is 0.151. The molecule has 0 saturated carbocycles. The number of hydrogen-bond donors (Lipinski definition) is 1. The first kappa shape index (κ1) is 26.1. The van der Waals surface area contributed by atoms with E-state index in [2.05, 4.69) is 28.4 Å². The molecule has 1 N–H and O–H groups in total. The smallest absolute Gasteiger partial charge is 0.407 e. The van der Waals surface area contributed by atoms with Crippen molar-refractivity contribution in [2.24, 2.45) is 0 Å². The van der Waals surface area contributed by atoms with Gasteiger partial charge in [-0.25, -0.2) is 9.00 Å². The summed E-state index contributed by atoms with van der Waals surface area (Å²) in [7, 11) is 3.25. The quantitative estimate of drug-likeness (QED) is 0.446. The van der Waals surface area contributed by atoms with Crippen molar-refractivity contribution >= 4 is 17.2 Å². The van der Waals surface area contributed by atoms with Crippen LogP contribution in [0, 0.1) is 0 Å². The number of alkyl carbamates (subject to hydrolysis) is 1. The molecule has 5 rings (SSSR count). The molecule has 2 aliphatic rings. The van der Waals surface area contributed by atoms with Crippen LogP contribution in [0.4, 0.5) is 4.79 Å². The van der Waals surface area contributed by atoms with Crippen LogP contribution in [-0.2, 0) is 41.7 Å². The number of carbonyl (C=O) groups is 1. The first-order valence-electron chi connectivity index (χ1n) is 12.7. The molecule has 3 aromatic carbocycles. The van der Waals surface area contributed by atoms with Crippen LogP contribution in [0.1, 0.15) is 40.8 Å². The minimum Gasteiger partial charge on any atom is -0.496 e. The zero-order valence-corrected chi connectivity index (χ0v) is 22.6. The van der Waals surface area contributed by atoms with Crippen molar-refractivity contribution in [3.8, 4) is 17.2 Å². The number of amides is 1. The van der Waals surface area contributed by atoms with Gasteiger partial charge in [-0.05, 0) is 66.8 Å². The minimum absolute atomic E-state index is 0.174. The molecule has 2 heterocycles. The van der Waals surface area contributed by atoms with Gasteiger partial charge in [-0.2, -0.15) is 0 Å². The Bertz CT molecular complexity index is 1350. The van der Waals surface area contributed by atoms with E-state index < -0.39 is 17.2 Å². The number of nitrogens with zero attached hydrogens (tertiary/aromatic N) is 1. The van der Waals surface area contributed by atoms with Crippen LogP contribution in [-0.4, -0.2) is 42.6 Å². The van der Waals surface area contributed by atoms with Gasteiger partial charge in [-0.1, -0.05) is 24.3 Å². The maximum atomic E-state index is 13.0. The second-order valence-corrected chi connectivity index (χ2v) is 10.4. The SMILES string of the molecule is CCOC(=O)NCc1cc2c(cc1OC)C1Cc3ccc(OC)c(OS(=O)c4ccccc4)c3CN1CC2. The standard InChI is InChI=1S/C29H32N2O6S/c1-4-36-29(32)30-17-21-14-20-12-13-31-18-24-19(15-25(31)23(20)16-27(21)35-3)10-11-26(34-2)28(24)37-38(33)22-8-6-5-7-9-22/h5-11,14,16,25H,4,12-13,15,17-18H2,1-3H3,(H,30,32). The lowest BCUT2D eigenvalue weighted by Crippen LogP contribution is -2.39. The number of fused-ring (bicyclic) bond motifs is 4. The number of nitrogens with one attached hydrogen (secondary N) is 1. The predicted molar refractivity (Wildman–Crippen MR) is 144 cm³/mol. The molecule has 0 spiro atoms. The highest BCUT2D eigenvalue weighted by Gasteiger charge is 2.35. The van der Waals surface area contributed by atoms with Crippen molar-refractivity contribution in [1.82, 2.24) is 10.2 Å². The van der Waals surface area contributed by atoms with Gasteiger partial charge in [0.05, 0.1) is 25.7 Å². The molecule has 0 aromatic heterocycles. The summed E-state index contributed by atoms with van der Waals surface area (Å²) < 4.78 is 35.4. The van der Waals surface area contributed by atoms with Gasteiger partial charge in [0, 0.05) is 36.8 Å². The van der Waals surface area contributed by atoms with Crippen molar-refractivity contribution < 1.29 is 27.4 Å². The maximum absolute atomic E-state index is 13.0. The highest BCUT2D eigenvalue weighted by Crippen LogP contribution is 2.45. The Hall–Kier alpha value is -3.56. The van der Waals surface area contributed by atoms with Crippen molar-refractivity contribution in [3.63, 3.8) is 0 Å². The predicted octanol–water partition coefficient (Wildman–Crippen LogP) is 4.71. The van der Waals surface area contributed by atoms with Gasteiger partial charge in [-0.3, -0.25) is 4.90 Å². The number of benzene rings is 3. The summed E-state index contributed by atoms with van der Waals surface area (Å²) >= 11 is -1.66. The average Bonchev–Trinajstić information content (AvgIpc) is 2.95. The van der Waals surface area contributed by atoms with Crippen molar-refractivity contribution in [3.05, 3.63) is 82.4 Å². The third-order valence-electron chi connectivity index (χ3n) is 7.12. The molecule has 0 bridgehead atoms. The van der Waals surface area contributed by atoms with Crippen LogP contribution in [0.25, 0.3) is 0 Å². The molecule has 38 heavy (non-hydrogen) atoms. The molecule has 2 aliphatic heterocycles. The van der Waals surface area contributed by atoms with E-state index in [1.165, 1.54) is 11.1 Å². The Morgan fingerprint density at radius 2 is 1.84 bits per heavy atom. The van der Waals surface area contributed by atoms with E-state index in [1.54, 1.807) is 33.3 Å². The van der Waals surface area contributed by atoms with E-state index in [-0.39, 0.29) is 6.04 Å². The highest BCUT2D eigenvalue weighted by molar-refractivity contribution is 7.80. The molecule has 1 amide bonds. The fraction of sp³-hybridized carbons (Fsp3) is 0.345. The number of rotatable bonds is 8. The normalized spacial score (nSPS) is 16.9. The molecule has 2 atom stereocenters. The summed E-state index contributed by atoms with van der Waals surface area (Å²) in [4.78, 5) is 14.8. The zero-order valence-electron chi connectivity index (χ0n) is 21.8. The highest BCUT2D eigenvalue weighted by atomic mass is 32.2. The molecule has 9 heteroatoms. The fourth-order valence-corrected chi connectivity index (χ4v) is 6.08. The maximum Gasteiger partial charge on any atom is 0.407 e. The molecule has 2 unspecified atom stereocenters. The van der Waals surface area contributed by atoms with Crippen LogP contribution < -0.4 is 19.0 Å². The zero-order chi connectivity index (χ0) is 26.6. The second-order valence-electron chi connectivity index (χ2n) is 9.24. The number of hydrogen-bond acceptors (Lipinski definition) is 7. The lowest BCUT2D eigenvalue weighted by atomic mass is 9.83. The van der Waals surface area contributed by atoms with E-state index >= 15 is 0 Å². The van der Waals surface area contributed by atoms with E-state index in [1.807, 2.05) is 24.3 Å². The monoisotopic (exact) mass is 536 g/mol. The van der Waals surface area contributed by atoms with Gasteiger partial charge < -0.3 is 23.7 Å². The van der Waals surface area contributed by atoms with E-state index in [0.29, 0.717) is 36.1 Å². The van der Waals surface area contributed by atoms with Gasteiger partial charge in [0.1, 0.15) is 5.75 Å². The first-order chi connectivity index (χ1) is 18.5. The van der Waals surface area contributed by atoms with Crippen LogP contribution in [0.2, 0.25) is 0 Å². The lowest BCUT2D eigenvalue weighted by Gasteiger charge is -2.42.